The third kappa shape index (κ3) is 4.61. The highest BCUT2D eigenvalue weighted by Gasteiger charge is 2.16. The van der Waals surface area contributed by atoms with Crippen molar-refractivity contribution in [3.8, 4) is 23.2 Å². The van der Waals surface area contributed by atoms with Gasteiger partial charge in [0.05, 0.1) is 6.54 Å². The van der Waals surface area contributed by atoms with E-state index in [4.69, 9.17) is 4.52 Å². The van der Waals surface area contributed by atoms with Gasteiger partial charge in [-0.15, -0.1) is 0 Å². The lowest BCUT2D eigenvalue weighted by Gasteiger charge is -2.26. The van der Waals surface area contributed by atoms with Crippen LogP contribution in [0, 0.1) is 17.8 Å². The first-order valence-electron chi connectivity index (χ1n) is 10.1. The minimum atomic E-state index is -0.641. The van der Waals surface area contributed by atoms with Crippen molar-refractivity contribution >= 4 is 6.41 Å². The molecule has 3 heterocycles. The summed E-state index contributed by atoms with van der Waals surface area (Å²) in [7, 11) is 0. The van der Waals surface area contributed by atoms with E-state index in [0.29, 0.717) is 24.0 Å². The molecule has 1 unspecified atom stereocenters. The average molecular weight is 404 g/mol. The summed E-state index contributed by atoms with van der Waals surface area (Å²) in [5, 5.41) is 13.9. The number of likely N-dealkylation sites (tertiary alicyclic amines) is 1. The Balaban J connectivity index is 1.40. The number of nitrogens with zero attached hydrogens (tertiary/aromatic N) is 4. The van der Waals surface area contributed by atoms with Gasteiger partial charge in [-0.05, 0) is 44.0 Å². The number of carbonyl (C=O) groups is 1. The Labute approximate surface area is 175 Å². The number of hydrogen-bond acceptors (Lipinski definition) is 5. The number of imidazole rings is 1. The lowest BCUT2D eigenvalue weighted by atomic mass is 9.97. The van der Waals surface area contributed by atoms with E-state index in [-0.39, 0.29) is 0 Å². The molecule has 1 aliphatic rings. The summed E-state index contributed by atoms with van der Waals surface area (Å²) in [5.41, 5.74) is 2.65. The van der Waals surface area contributed by atoms with Gasteiger partial charge in [0.1, 0.15) is 17.6 Å². The van der Waals surface area contributed by atoms with E-state index in [9.17, 15) is 9.90 Å². The van der Waals surface area contributed by atoms with Crippen LogP contribution in [-0.2, 0) is 11.3 Å². The highest BCUT2D eigenvalue weighted by molar-refractivity contribution is 5.59. The van der Waals surface area contributed by atoms with Crippen LogP contribution in [0.1, 0.15) is 43.0 Å². The van der Waals surface area contributed by atoms with E-state index in [1.807, 2.05) is 41.1 Å². The summed E-state index contributed by atoms with van der Waals surface area (Å²) in [6, 6.07) is 9.80. The van der Waals surface area contributed by atoms with Gasteiger partial charge in [0.15, 0.2) is 5.76 Å². The van der Waals surface area contributed by atoms with Gasteiger partial charge >= 0.3 is 0 Å². The molecular formula is C23H24N4O3. The van der Waals surface area contributed by atoms with Gasteiger partial charge in [-0.2, -0.15) is 0 Å². The van der Waals surface area contributed by atoms with E-state index in [2.05, 4.69) is 22.0 Å². The second-order valence-electron chi connectivity index (χ2n) is 7.53. The van der Waals surface area contributed by atoms with E-state index >= 15 is 0 Å². The second kappa shape index (κ2) is 8.97. The van der Waals surface area contributed by atoms with Crippen LogP contribution in [0.5, 0.6) is 0 Å². The van der Waals surface area contributed by atoms with Crippen LogP contribution in [0.15, 0.2) is 47.2 Å². The number of amides is 1. The summed E-state index contributed by atoms with van der Waals surface area (Å²) in [6.07, 6.45) is 5.61. The van der Waals surface area contributed by atoms with Crippen LogP contribution in [0.25, 0.3) is 11.3 Å². The molecule has 0 bridgehead atoms. The first kappa shape index (κ1) is 19.9. The van der Waals surface area contributed by atoms with Crippen LogP contribution >= 0.6 is 0 Å². The summed E-state index contributed by atoms with van der Waals surface area (Å²) >= 11 is 0. The predicted molar refractivity (Wildman–Crippen MR) is 111 cm³/mol. The van der Waals surface area contributed by atoms with E-state index < -0.39 is 6.10 Å². The minimum absolute atomic E-state index is 0.340. The molecular weight excluding hydrogens is 380 g/mol. The van der Waals surface area contributed by atoms with Crippen LogP contribution < -0.4 is 0 Å². The molecule has 30 heavy (non-hydrogen) atoms. The normalized spacial score (nSPS) is 15.5. The third-order valence-corrected chi connectivity index (χ3v) is 5.28. The summed E-state index contributed by atoms with van der Waals surface area (Å²) < 4.78 is 7.35. The molecule has 7 nitrogen and oxygen atoms in total. The molecule has 1 atom stereocenters. The van der Waals surface area contributed by atoms with Gasteiger partial charge in [0, 0.05) is 48.6 Å². The molecule has 3 aromatic rings. The molecule has 154 valence electrons. The third-order valence-electron chi connectivity index (χ3n) is 5.28. The zero-order valence-electron chi connectivity index (χ0n) is 16.9. The molecule has 0 spiro atoms. The minimum Gasteiger partial charge on any atom is -0.385 e. The molecule has 4 rings (SSSR count). The number of aliphatic hydroxyl groups is 1. The van der Waals surface area contributed by atoms with E-state index in [1.54, 1.807) is 18.0 Å². The first-order chi connectivity index (χ1) is 14.6. The van der Waals surface area contributed by atoms with Crippen molar-refractivity contribution in [2.45, 2.75) is 32.4 Å². The Hall–Kier alpha value is -3.37. The topological polar surface area (TPSA) is 84.4 Å². The molecule has 1 aliphatic heterocycles. The molecule has 0 saturated carbocycles. The summed E-state index contributed by atoms with van der Waals surface area (Å²) in [4.78, 5) is 16.8. The zero-order valence-corrected chi connectivity index (χ0v) is 16.9. The maximum Gasteiger partial charge on any atom is 0.209 e. The Morgan fingerprint density at radius 2 is 2.07 bits per heavy atom. The average Bonchev–Trinajstić information content (AvgIpc) is 3.43. The van der Waals surface area contributed by atoms with Crippen molar-refractivity contribution in [3.05, 3.63) is 59.8 Å². The van der Waals surface area contributed by atoms with Gasteiger partial charge in [-0.1, -0.05) is 17.0 Å². The molecule has 1 N–H and O–H groups in total. The van der Waals surface area contributed by atoms with Crippen molar-refractivity contribution < 1.29 is 14.4 Å². The fourth-order valence-electron chi connectivity index (χ4n) is 3.57. The number of aromatic nitrogens is 3. The molecule has 7 heteroatoms. The standard InChI is InChI=1S/C23H24N4O3/c1-17(29)23-24-10-13-27(23)15-21-14-22(30-25-21)20-6-4-18(5-7-20)2-3-19-8-11-26(16-28)12-9-19/h4-7,10,13-14,16-17,19,29H,8-9,11-12,15H2,1H3. The number of aliphatic hydroxyl groups excluding tert-OH is 1. The Morgan fingerprint density at radius 1 is 1.30 bits per heavy atom. The summed E-state index contributed by atoms with van der Waals surface area (Å²) in [6.45, 7) is 3.74. The number of hydrogen-bond donors (Lipinski definition) is 1. The maximum absolute atomic E-state index is 10.8. The Bertz CT molecular complexity index is 1050. The van der Waals surface area contributed by atoms with Crippen molar-refractivity contribution in [1.29, 1.82) is 0 Å². The summed E-state index contributed by atoms with van der Waals surface area (Å²) in [5.74, 6) is 8.19. The van der Waals surface area contributed by atoms with Crippen LogP contribution in [0.3, 0.4) is 0 Å². The quantitative estimate of drug-likeness (QED) is 0.522. The molecule has 1 amide bonds. The molecule has 0 radical (unpaired) electrons. The van der Waals surface area contributed by atoms with Gasteiger partial charge in [-0.3, -0.25) is 4.79 Å². The van der Waals surface area contributed by atoms with Gasteiger partial charge in [0.2, 0.25) is 6.41 Å². The Kier molecular flexibility index (Phi) is 5.96. The maximum atomic E-state index is 10.8. The van der Waals surface area contributed by atoms with Crippen molar-refractivity contribution in [2.24, 2.45) is 5.92 Å². The molecule has 0 aliphatic carbocycles. The van der Waals surface area contributed by atoms with Gasteiger partial charge < -0.3 is 19.1 Å². The fraction of sp³-hybridized carbons (Fsp3) is 0.348. The van der Waals surface area contributed by atoms with Crippen molar-refractivity contribution in [2.75, 3.05) is 13.1 Å². The zero-order chi connectivity index (χ0) is 20.9. The first-order valence-corrected chi connectivity index (χ1v) is 10.1. The molecule has 1 fully saturated rings. The highest BCUT2D eigenvalue weighted by atomic mass is 16.5. The molecule has 1 aromatic carbocycles. The smallest absolute Gasteiger partial charge is 0.209 e. The van der Waals surface area contributed by atoms with Crippen LogP contribution in [0.4, 0.5) is 0 Å². The lowest BCUT2D eigenvalue weighted by Crippen LogP contribution is -2.31. The van der Waals surface area contributed by atoms with E-state index in [0.717, 1.165) is 49.2 Å². The van der Waals surface area contributed by atoms with Crippen LogP contribution in [0.2, 0.25) is 0 Å². The number of rotatable bonds is 5. The number of carbonyl (C=O) groups excluding carboxylic acids is 1. The molecule has 1 saturated heterocycles. The molecule has 2 aromatic heterocycles. The fourth-order valence-corrected chi connectivity index (χ4v) is 3.57. The van der Waals surface area contributed by atoms with Crippen molar-refractivity contribution in [3.63, 3.8) is 0 Å². The largest absolute Gasteiger partial charge is 0.385 e. The van der Waals surface area contributed by atoms with E-state index in [1.165, 1.54) is 0 Å². The Morgan fingerprint density at radius 3 is 2.77 bits per heavy atom. The SMILES string of the molecule is CC(O)c1nccn1Cc1cc(-c2ccc(C#CC3CCN(C=O)CC3)cc2)on1. The van der Waals surface area contributed by atoms with Gasteiger partial charge in [0.25, 0.3) is 0 Å². The van der Waals surface area contributed by atoms with Crippen LogP contribution in [-0.4, -0.2) is 44.2 Å². The van der Waals surface area contributed by atoms with Gasteiger partial charge in [-0.25, -0.2) is 4.98 Å². The number of benzene rings is 1. The second-order valence-corrected chi connectivity index (χ2v) is 7.53. The predicted octanol–water partition coefficient (Wildman–Crippen LogP) is 2.86. The monoisotopic (exact) mass is 404 g/mol. The van der Waals surface area contributed by atoms with Crippen molar-refractivity contribution in [1.82, 2.24) is 19.6 Å². The highest BCUT2D eigenvalue weighted by Crippen LogP contribution is 2.22. The lowest BCUT2D eigenvalue weighted by molar-refractivity contribution is -0.119. The number of piperidine rings is 1.